The predicted molar refractivity (Wildman–Crippen MR) is 112 cm³/mol. The SMILES string of the molecule is C[C@H]1C(=O)N(CCCN2CCC3(CC3)[C@H](O)C2)CCN1C(=O)Nc1cccc(F)c1. The Kier molecular flexibility index (Phi) is 5.97. The lowest BCUT2D eigenvalue weighted by atomic mass is 9.90. The van der Waals surface area contributed by atoms with Crippen LogP contribution in [0.15, 0.2) is 24.3 Å². The van der Waals surface area contributed by atoms with Crippen LogP contribution >= 0.6 is 0 Å². The number of rotatable bonds is 5. The molecule has 1 aromatic carbocycles. The van der Waals surface area contributed by atoms with Crippen molar-refractivity contribution in [1.29, 1.82) is 0 Å². The minimum Gasteiger partial charge on any atom is -0.391 e. The van der Waals surface area contributed by atoms with Gasteiger partial charge in [-0.1, -0.05) is 6.07 Å². The number of hydrogen-bond donors (Lipinski definition) is 2. The largest absolute Gasteiger partial charge is 0.391 e. The molecule has 1 spiro atoms. The first-order valence-electron chi connectivity index (χ1n) is 10.9. The second-order valence-corrected chi connectivity index (χ2v) is 8.92. The van der Waals surface area contributed by atoms with Gasteiger partial charge in [0.2, 0.25) is 5.91 Å². The quantitative estimate of drug-likeness (QED) is 0.768. The van der Waals surface area contributed by atoms with Crippen molar-refractivity contribution in [3.8, 4) is 0 Å². The van der Waals surface area contributed by atoms with E-state index < -0.39 is 17.9 Å². The van der Waals surface area contributed by atoms with E-state index in [-0.39, 0.29) is 17.4 Å². The molecule has 1 aliphatic carbocycles. The van der Waals surface area contributed by atoms with Crippen LogP contribution in [0, 0.1) is 11.2 Å². The molecule has 1 aromatic rings. The summed E-state index contributed by atoms with van der Waals surface area (Å²) in [6.07, 6.45) is 4.03. The summed E-state index contributed by atoms with van der Waals surface area (Å²) in [5, 5.41) is 13.0. The maximum absolute atomic E-state index is 13.3. The number of carbonyl (C=O) groups excluding carboxylic acids is 2. The first-order valence-corrected chi connectivity index (χ1v) is 10.9. The van der Waals surface area contributed by atoms with Crippen molar-refractivity contribution in [3.05, 3.63) is 30.1 Å². The molecule has 0 aromatic heterocycles. The van der Waals surface area contributed by atoms with Gasteiger partial charge in [-0.15, -0.1) is 0 Å². The number of amides is 3. The topological polar surface area (TPSA) is 76.1 Å². The highest BCUT2D eigenvalue weighted by atomic mass is 19.1. The number of nitrogens with zero attached hydrogens (tertiary/aromatic N) is 3. The van der Waals surface area contributed by atoms with Crippen LogP contribution < -0.4 is 5.32 Å². The molecule has 8 heteroatoms. The van der Waals surface area contributed by atoms with E-state index >= 15 is 0 Å². The number of halogens is 1. The molecule has 4 rings (SSSR count). The van der Waals surface area contributed by atoms with Crippen molar-refractivity contribution in [2.24, 2.45) is 5.41 Å². The number of urea groups is 1. The molecule has 2 atom stereocenters. The average molecular weight is 419 g/mol. The maximum atomic E-state index is 13.3. The van der Waals surface area contributed by atoms with Gasteiger partial charge in [-0.05, 0) is 69.3 Å². The number of piperidine rings is 1. The van der Waals surface area contributed by atoms with Crippen molar-refractivity contribution in [3.63, 3.8) is 0 Å². The number of β-amino-alcohol motifs (C(OH)–C–C–N with tert-alkyl or cyclic N) is 1. The standard InChI is InChI=1S/C22H31FN4O3/c1-16-20(29)26(10-3-9-25-11-8-22(6-7-22)19(28)15-25)12-13-27(16)21(30)24-18-5-2-4-17(23)14-18/h2,4-5,14,16,19,28H,3,6-13,15H2,1H3,(H,24,30)/t16-,19+/m0/s1. The normalized spacial score (nSPS) is 26.2. The van der Waals surface area contributed by atoms with Gasteiger partial charge in [0.25, 0.3) is 0 Å². The van der Waals surface area contributed by atoms with Crippen molar-refractivity contribution in [1.82, 2.24) is 14.7 Å². The number of aliphatic hydroxyl groups excluding tert-OH is 1. The molecule has 2 heterocycles. The number of piperazine rings is 1. The fourth-order valence-corrected chi connectivity index (χ4v) is 4.70. The van der Waals surface area contributed by atoms with Gasteiger partial charge in [-0.3, -0.25) is 4.79 Å². The zero-order chi connectivity index (χ0) is 21.3. The summed E-state index contributed by atoms with van der Waals surface area (Å²) in [5.74, 6) is -0.485. The van der Waals surface area contributed by atoms with Crippen LogP contribution in [0.3, 0.4) is 0 Å². The van der Waals surface area contributed by atoms with Gasteiger partial charge in [0.1, 0.15) is 11.9 Å². The molecule has 30 heavy (non-hydrogen) atoms. The van der Waals surface area contributed by atoms with E-state index in [0.717, 1.165) is 45.3 Å². The lowest BCUT2D eigenvalue weighted by molar-refractivity contribution is -0.139. The van der Waals surface area contributed by atoms with Crippen molar-refractivity contribution >= 4 is 17.6 Å². The Labute approximate surface area is 176 Å². The summed E-state index contributed by atoms with van der Waals surface area (Å²) in [5.41, 5.74) is 0.586. The summed E-state index contributed by atoms with van der Waals surface area (Å²) < 4.78 is 13.3. The molecule has 1 saturated carbocycles. The molecule has 0 bridgehead atoms. The summed E-state index contributed by atoms with van der Waals surface area (Å²) >= 11 is 0. The number of hydrogen-bond acceptors (Lipinski definition) is 4. The summed E-state index contributed by atoms with van der Waals surface area (Å²) in [6, 6.07) is 4.77. The van der Waals surface area contributed by atoms with E-state index in [1.807, 2.05) is 4.90 Å². The van der Waals surface area contributed by atoms with E-state index in [2.05, 4.69) is 10.2 Å². The van der Waals surface area contributed by atoms with E-state index in [4.69, 9.17) is 0 Å². The molecule has 3 fully saturated rings. The third-order valence-electron chi connectivity index (χ3n) is 6.94. The third-order valence-corrected chi connectivity index (χ3v) is 6.94. The van der Waals surface area contributed by atoms with Crippen molar-refractivity contribution in [2.45, 2.75) is 44.8 Å². The minimum atomic E-state index is -0.557. The zero-order valence-corrected chi connectivity index (χ0v) is 17.5. The Bertz CT molecular complexity index is 800. The van der Waals surface area contributed by atoms with E-state index in [0.29, 0.717) is 25.3 Å². The van der Waals surface area contributed by atoms with Gasteiger partial charge in [0, 0.05) is 31.9 Å². The lowest BCUT2D eigenvalue weighted by Gasteiger charge is -2.40. The second kappa shape index (κ2) is 8.51. The molecule has 2 saturated heterocycles. The molecule has 2 N–H and O–H groups in total. The number of aliphatic hydroxyl groups is 1. The first-order chi connectivity index (χ1) is 14.4. The van der Waals surface area contributed by atoms with Gasteiger partial charge in [-0.25, -0.2) is 9.18 Å². The van der Waals surface area contributed by atoms with Crippen molar-refractivity contribution in [2.75, 3.05) is 44.6 Å². The predicted octanol–water partition coefficient (Wildman–Crippen LogP) is 2.13. The van der Waals surface area contributed by atoms with E-state index in [9.17, 15) is 19.1 Å². The minimum absolute atomic E-state index is 0.0637. The number of carbonyl (C=O) groups is 2. The average Bonchev–Trinajstić information content (AvgIpc) is 3.49. The molecular weight excluding hydrogens is 387 g/mol. The number of nitrogens with one attached hydrogen (secondary N) is 1. The molecule has 7 nitrogen and oxygen atoms in total. The van der Waals surface area contributed by atoms with Crippen LogP contribution in [-0.4, -0.2) is 83.2 Å². The highest BCUT2D eigenvalue weighted by molar-refractivity contribution is 5.94. The van der Waals surface area contributed by atoms with Gasteiger partial charge in [0.15, 0.2) is 0 Å². The van der Waals surface area contributed by atoms with E-state index in [1.165, 1.54) is 23.1 Å². The smallest absolute Gasteiger partial charge is 0.322 e. The fourth-order valence-electron chi connectivity index (χ4n) is 4.70. The number of likely N-dealkylation sites (tertiary alicyclic amines) is 1. The van der Waals surface area contributed by atoms with Crippen LogP contribution in [-0.2, 0) is 4.79 Å². The van der Waals surface area contributed by atoms with Gasteiger partial charge >= 0.3 is 6.03 Å². The van der Waals surface area contributed by atoms with Gasteiger partial charge < -0.3 is 25.1 Å². The molecule has 164 valence electrons. The number of benzene rings is 1. The fraction of sp³-hybridized carbons (Fsp3) is 0.636. The van der Waals surface area contributed by atoms with Gasteiger partial charge in [-0.2, -0.15) is 0 Å². The Hall–Kier alpha value is -2.19. The summed E-state index contributed by atoms with van der Waals surface area (Å²) in [6.45, 7) is 5.95. The highest BCUT2D eigenvalue weighted by Crippen LogP contribution is 2.53. The van der Waals surface area contributed by atoms with Gasteiger partial charge in [0.05, 0.1) is 6.10 Å². The second-order valence-electron chi connectivity index (χ2n) is 8.92. The summed E-state index contributed by atoms with van der Waals surface area (Å²) in [4.78, 5) is 30.9. The first kappa shape index (κ1) is 21.1. The number of anilines is 1. The summed E-state index contributed by atoms with van der Waals surface area (Å²) in [7, 11) is 0. The Balaban J connectivity index is 1.23. The molecular formula is C22H31FN4O3. The Morgan fingerprint density at radius 3 is 2.73 bits per heavy atom. The molecule has 0 unspecified atom stereocenters. The Morgan fingerprint density at radius 1 is 1.23 bits per heavy atom. The van der Waals surface area contributed by atoms with Crippen LogP contribution in [0.2, 0.25) is 0 Å². The van der Waals surface area contributed by atoms with E-state index in [1.54, 1.807) is 13.0 Å². The maximum Gasteiger partial charge on any atom is 0.322 e. The Morgan fingerprint density at radius 2 is 2.03 bits per heavy atom. The third kappa shape index (κ3) is 4.44. The van der Waals surface area contributed by atoms with Crippen LogP contribution in [0.5, 0.6) is 0 Å². The lowest BCUT2D eigenvalue weighted by Crippen LogP contribution is -2.58. The van der Waals surface area contributed by atoms with Crippen molar-refractivity contribution < 1.29 is 19.1 Å². The van der Waals surface area contributed by atoms with Crippen LogP contribution in [0.4, 0.5) is 14.9 Å². The zero-order valence-electron chi connectivity index (χ0n) is 17.5. The monoisotopic (exact) mass is 418 g/mol. The highest BCUT2D eigenvalue weighted by Gasteiger charge is 2.51. The molecule has 3 aliphatic rings. The molecule has 2 aliphatic heterocycles. The molecule has 3 amide bonds. The van der Waals surface area contributed by atoms with Crippen LogP contribution in [0.1, 0.15) is 32.6 Å². The van der Waals surface area contributed by atoms with Crippen LogP contribution in [0.25, 0.3) is 0 Å². The molecule has 0 radical (unpaired) electrons.